The highest BCUT2D eigenvalue weighted by molar-refractivity contribution is 7.80. The zero-order chi connectivity index (χ0) is 23.1. The van der Waals surface area contributed by atoms with Crippen molar-refractivity contribution in [2.75, 3.05) is 4.90 Å². The highest BCUT2D eigenvalue weighted by Gasteiger charge is 2.42. The quantitative estimate of drug-likeness (QED) is 0.323. The minimum absolute atomic E-state index is 0.246. The van der Waals surface area contributed by atoms with Gasteiger partial charge in [-0.1, -0.05) is 29.8 Å². The minimum atomic E-state index is -0.313. The number of aryl methyl sites for hydroxylation is 2. The zero-order valence-corrected chi connectivity index (χ0v) is 19.6. The van der Waals surface area contributed by atoms with Crippen LogP contribution in [-0.2, 0) is 0 Å². The molecule has 0 radical (unpaired) electrons. The molecule has 1 aliphatic heterocycles. The standard InChI is InChI=1S/C26H21ClFN3OS/c1-15-6-7-17(14-19(15)27)22-10-11-23(32-22)25-24(21-5-3-4-12-29-21)30-26(33)31(25)18-8-9-20(28)16(2)13-18/h3-14,24-25H,1-2H3,(H,30,33)/t24-,25+/m1/s1. The topological polar surface area (TPSA) is 41.3 Å². The van der Waals surface area contributed by atoms with Gasteiger partial charge in [-0.3, -0.25) is 4.98 Å². The van der Waals surface area contributed by atoms with Crippen LogP contribution in [0.25, 0.3) is 11.3 Å². The largest absolute Gasteiger partial charge is 0.459 e. The lowest BCUT2D eigenvalue weighted by Gasteiger charge is -2.26. The van der Waals surface area contributed by atoms with Crippen LogP contribution >= 0.6 is 23.8 Å². The maximum Gasteiger partial charge on any atom is 0.174 e. The van der Waals surface area contributed by atoms with Crippen LogP contribution in [0.5, 0.6) is 0 Å². The smallest absolute Gasteiger partial charge is 0.174 e. The van der Waals surface area contributed by atoms with E-state index in [1.807, 2.05) is 60.4 Å². The number of benzene rings is 2. The molecule has 5 rings (SSSR count). The molecule has 1 aliphatic rings. The number of hydrogen-bond acceptors (Lipinski definition) is 3. The second-order valence-electron chi connectivity index (χ2n) is 8.10. The van der Waals surface area contributed by atoms with E-state index >= 15 is 0 Å². The van der Waals surface area contributed by atoms with Crippen molar-refractivity contribution in [2.45, 2.75) is 25.9 Å². The van der Waals surface area contributed by atoms with Crippen molar-refractivity contribution in [3.05, 3.63) is 106 Å². The van der Waals surface area contributed by atoms with E-state index in [9.17, 15) is 4.39 Å². The maximum atomic E-state index is 14.0. The van der Waals surface area contributed by atoms with Crippen molar-refractivity contribution in [3.8, 4) is 11.3 Å². The molecule has 0 spiro atoms. The summed E-state index contributed by atoms with van der Waals surface area (Å²) < 4.78 is 20.3. The van der Waals surface area contributed by atoms with Crippen molar-refractivity contribution in [2.24, 2.45) is 0 Å². The normalized spacial score (nSPS) is 17.9. The van der Waals surface area contributed by atoms with Gasteiger partial charge in [0.25, 0.3) is 0 Å². The third-order valence-corrected chi connectivity index (χ3v) is 6.61. The number of hydrogen-bond donors (Lipinski definition) is 1. The van der Waals surface area contributed by atoms with E-state index in [4.69, 9.17) is 28.2 Å². The fourth-order valence-corrected chi connectivity index (χ4v) is 4.64. The molecule has 2 atom stereocenters. The summed E-state index contributed by atoms with van der Waals surface area (Å²) in [5, 5.41) is 4.60. The molecular weight excluding hydrogens is 457 g/mol. The monoisotopic (exact) mass is 477 g/mol. The first-order valence-corrected chi connectivity index (χ1v) is 11.3. The molecule has 2 aromatic heterocycles. The second-order valence-corrected chi connectivity index (χ2v) is 8.89. The summed E-state index contributed by atoms with van der Waals surface area (Å²) in [7, 11) is 0. The average molecular weight is 478 g/mol. The number of thiocarbonyl (C=S) groups is 1. The van der Waals surface area contributed by atoms with E-state index in [1.165, 1.54) is 6.07 Å². The Morgan fingerprint density at radius 2 is 1.88 bits per heavy atom. The number of pyridine rings is 1. The van der Waals surface area contributed by atoms with E-state index < -0.39 is 0 Å². The first kappa shape index (κ1) is 21.6. The Kier molecular flexibility index (Phi) is 5.64. The van der Waals surface area contributed by atoms with Crippen LogP contribution < -0.4 is 10.2 Å². The SMILES string of the molecule is Cc1cc(N2C(=S)N[C@H](c3ccccn3)[C@@H]2c2ccc(-c3ccc(C)c(Cl)c3)o2)ccc1F. The third kappa shape index (κ3) is 4.01. The number of rotatable bonds is 4. The Balaban J connectivity index is 1.61. The minimum Gasteiger partial charge on any atom is -0.459 e. The number of nitrogens with zero attached hydrogens (tertiary/aromatic N) is 2. The van der Waals surface area contributed by atoms with Gasteiger partial charge in [0.05, 0.1) is 11.7 Å². The third-order valence-electron chi connectivity index (χ3n) is 5.89. The summed E-state index contributed by atoms with van der Waals surface area (Å²) in [5.74, 6) is 1.16. The highest BCUT2D eigenvalue weighted by Crippen LogP contribution is 2.43. The molecule has 0 unspecified atom stereocenters. The van der Waals surface area contributed by atoms with Gasteiger partial charge in [0.2, 0.25) is 0 Å². The molecule has 4 aromatic rings. The summed E-state index contributed by atoms with van der Waals surface area (Å²) in [6.45, 7) is 3.70. The van der Waals surface area contributed by atoms with Crippen LogP contribution in [-0.4, -0.2) is 10.1 Å². The van der Waals surface area contributed by atoms with Gasteiger partial charge >= 0.3 is 0 Å². The highest BCUT2D eigenvalue weighted by atomic mass is 35.5. The van der Waals surface area contributed by atoms with E-state index in [2.05, 4.69) is 10.3 Å². The molecule has 1 fully saturated rings. The van der Waals surface area contributed by atoms with Crippen molar-refractivity contribution in [1.29, 1.82) is 0 Å². The van der Waals surface area contributed by atoms with Gasteiger partial charge in [0.15, 0.2) is 5.11 Å². The molecule has 1 N–H and O–H groups in total. The lowest BCUT2D eigenvalue weighted by Crippen LogP contribution is -2.29. The molecular formula is C26H21ClFN3OS. The summed E-state index contributed by atoms with van der Waals surface area (Å²) >= 11 is 12.1. The number of furan rings is 1. The summed E-state index contributed by atoms with van der Waals surface area (Å²) in [6.07, 6.45) is 1.75. The number of anilines is 1. The Labute approximate surface area is 202 Å². The lowest BCUT2D eigenvalue weighted by molar-refractivity contribution is 0.439. The first-order valence-electron chi connectivity index (χ1n) is 10.6. The molecule has 4 nitrogen and oxygen atoms in total. The van der Waals surface area contributed by atoms with Crippen LogP contribution in [0, 0.1) is 19.7 Å². The first-order chi connectivity index (χ1) is 15.9. The van der Waals surface area contributed by atoms with Gasteiger partial charge in [0.1, 0.15) is 23.4 Å². The summed E-state index contributed by atoms with van der Waals surface area (Å²) in [5.41, 5.74) is 4.06. The van der Waals surface area contributed by atoms with Gasteiger partial charge in [-0.05, 0) is 85.7 Å². The van der Waals surface area contributed by atoms with Gasteiger partial charge in [-0.25, -0.2) is 4.39 Å². The van der Waals surface area contributed by atoms with Crippen molar-refractivity contribution in [3.63, 3.8) is 0 Å². The van der Waals surface area contributed by atoms with Gasteiger partial charge in [-0.2, -0.15) is 0 Å². The maximum absolute atomic E-state index is 14.0. The number of aromatic nitrogens is 1. The Hall–Kier alpha value is -3.22. The predicted octanol–water partition coefficient (Wildman–Crippen LogP) is 6.93. The second kappa shape index (κ2) is 8.61. The average Bonchev–Trinajstić information content (AvgIpc) is 3.43. The summed E-state index contributed by atoms with van der Waals surface area (Å²) in [4.78, 5) is 6.51. The Bertz CT molecular complexity index is 1340. The van der Waals surface area contributed by atoms with Crippen molar-refractivity contribution >= 4 is 34.6 Å². The fraction of sp³-hybridized carbons (Fsp3) is 0.154. The van der Waals surface area contributed by atoms with E-state index in [0.29, 0.717) is 27.2 Å². The Morgan fingerprint density at radius 3 is 2.61 bits per heavy atom. The van der Waals surface area contributed by atoms with E-state index in [1.54, 1.807) is 25.3 Å². The molecule has 1 saturated heterocycles. The van der Waals surface area contributed by atoms with Crippen molar-refractivity contribution < 1.29 is 8.81 Å². The molecule has 7 heteroatoms. The predicted molar refractivity (Wildman–Crippen MR) is 133 cm³/mol. The van der Waals surface area contributed by atoms with Gasteiger partial charge < -0.3 is 14.6 Å². The molecule has 166 valence electrons. The van der Waals surface area contributed by atoms with Crippen LogP contribution in [0.1, 0.15) is 34.7 Å². The Morgan fingerprint density at radius 1 is 1.03 bits per heavy atom. The number of nitrogens with one attached hydrogen (secondary N) is 1. The van der Waals surface area contributed by atoms with Gasteiger partial charge in [0, 0.05) is 22.5 Å². The molecule has 2 aromatic carbocycles. The molecule has 3 heterocycles. The number of halogens is 2. The van der Waals surface area contributed by atoms with E-state index in [-0.39, 0.29) is 17.9 Å². The van der Waals surface area contributed by atoms with Crippen LogP contribution in [0.2, 0.25) is 5.02 Å². The van der Waals surface area contributed by atoms with E-state index in [0.717, 1.165) is 22.5 Å². The molecule has 0 bridgehead atoms. The molecule has 33 heavy (non-hydrogen) atoms. The van der Waals surface area contributed by atoms with Crippen LogP contribution in [0.15, 0.2) is 77.3 Å². The summed E-state index contributed by atoms with van der Waals surface area (Å²) in [6, 6.07) is 19.9. The molecule has 0 amide bonds. The lowest BCUT2D eigenvalue weighted by atomic mass is 10.0. The molecule has 0 saturated carbocycles. The molecule has 0 aliphatic carbocycles. The fourth-order valence-electron chi connectivity index (χ4n) is 4.11. The zero-order valence-electron chi connectivity index (χ0n) is 18.0. The van der Waals surface area contributed by atoms with Crippen LogP contribution in [0.4, 0.5) is 10.1 Å². The van der Waals surface area contributed by atoms with Crippen LogP contribution in [0.3, 0.4) is 0 Å². The van der Waals surface area contributed by atoms with Gasteiger partial charge in [-0.15, -0.1) is 0 Å². The van der Waals surface area contributed by atoms with Crippen molar-refractivity contribution in [1.82, 2.24) is 10.3 Å².